The molecule has 116 valence electrons. The summed E-state index contributed by atoms with van der Waals surface area (Å²) in [5, 5.41) is 2.89. The van der Waals surface area contributed by atoms with Crippen LogP contribution in [0.2, 0.25) is 0 Å². The van der Waals surface area contributed by atoms with E-state index in [1.807, 2.05) is 6.92 Å². The molecular weight excluding hydrogens is 382 g/mol. The van der Waals surface area contributed by atoms with E-state index in [-0.39, 0.29) is 16.4 Å². The molecule has 2 rings (SSSR count). The predicted octanol–water partition coefficient (Wildman–Crippen LogP) is 2.68. The van der Waals surface area contributed by atoms with Crippen LogP contribution < -0.4 is 5.32 Å². The molecule has 8 heteroatoms. The fourth-order valence-electron chi connectivity index (χ4n) is 2.21. The van der Waals surface area contributed by atoms with Crippen LogP contribution in [0.1, 0.15) is 30.1 Å². The van der Waals surface area contributed by atoms with E-state index in [1.165, 1.54) is 12.1 Å². The molecule has 1 aromatic rings. The number of amides is 1. The van der Waals surface area contributed by atoms with Crippen molar-refractivity contribution in [1.82, 2.24) is 5.32 Å². The van der Waals surface area contributed by atoms with Gasteiger partial charge in [0.25, 0.3) is 15.0 Å². The van der Waals surface area contributed by atoms with Crippen molar-refractivity contribution in [2.75, 3.05) is 13.2 Å². The lowest BCUT2D eigenvalue weighted by atomic mass is 9.94. The maximum Gasteiger partial charge on any atom is 0.261 e. The Morgan fingerprint density at radius 2 is 2.14 bits per heavy atom. The molecule has 0 spiro atoms. The van der Waals surface area contributed by atoms with Gasteiger partial charge in [-0.05, 0) is 38.0 Å². The molecule has 1 saturated heterocycles. The third kappa shape index (κ3) is 4.42. The lowest BCUT2D eigenvalue weighted by molar-refractivity contribution is 0.0272. The fourth-order valence-corrected chi connectivity index (χ4v) is 3.66. The molecule has 0 aliphatic carbocycles. The zero-order chi connectivity index (χ0) is 15.7. The van der Waals surface area contributed by atoms with Gasteiger partial charge in [-0.25, -0.2) is 8.42 Å². The minimum Gasteiger partial charge on any atom is -0.379 e. The number of hydrogen-bond donors (Lipinski definition) is 1. The first-order valence-electron chi connectivity index (χ1n) is 6.35. The summed E-state index contributed by atoms with van der Waals surface area (Å²) < 4.78 is 28.7. The molecule has 0 bridgehead atoms. The van der Waals surface area contributed by atoms with Crippen molar-refractivity contribution < 1.29 is 17.9 Å². The first-order chi connectivity index (χ1) is 9.70. The Morgan fingerprint density at radius 1 is 1.43 bits per heavy atom. The predicted molar refractivity (Wildman–Crippen MR) is 83.1 cm³/mol. The van der Waals surface area contributed by atoms with Crippen LogP contribution in [0.15, 0.2) is 27.6 Å². The van der Waals surface area contributed by atoms with Gasteiger partial charge in [0.05, 0.1) is 17.0 Å². The number of hydrogen-bond acceptors (Lipinski definition) is 4. The SMILES string of the molecule is CC1(NC(=O)c2cc(Br)cc(S(=O)(=O)Cl)c2)CCCOC1. The van der Waals surface area contributed by atoms with Gasteiger partial charge in [0.1, 0.15) is 0 Å². The summed E-state index contributed by atoms with van der Waals surface area (Å²) in [6.07, 6.45) is 1.68. The molecular formula is C13H15BrClNO4S. The van der Waals surface area contributed by atoms with Crippen molar-refractivity contribution in [1.29, 1.82) is 0 Å². The van der Waals surface area contributed by atoms with E-state index in [1.54, 1.807) is 6.07 Å². The van der Waals surface area contributed by atoms with Crippen LogP contribution in [0.25, 0.3) is 0 Å². The summed E-state index contributed by atoms with van der Waals surface area (Å²) >= 11 is 3.18. The summed E-state index contributed by atoms with van der Waals surface area (Å²) in [7, 11) is 1.43. The third-order valence-electron chi connectivity index (χ3n) is 3.27. The number of halogens is 2. The largest absolute Gasteiger partial charge is 0.379 e. The maximum absolute atomic E-state index is 12.3. The van der Waals surface area contributed by atoms with Gasteiger partial charge in [-0.3, -0.25) is 4.79 Å². The molecule has 1 amide bonds. The number of ether oxygens (including phenoxy) is 1. The molecule has 1 atom stereocenters. The second-order valence-corrected chi connectivity index (χ2v) is 8.77. The highest BCUT2D eigenvalue weighted by Crippen LogP contribution is 2.24. The van der Waals surface area contributed by atoms with E-state index in [0.717, 1.165) is 12.8 Å². The van der Waals surface area contributed by atoms with E-state index in [0.29, 0.717) is 17.7 Å². The Labute approximate surface area is 136 Å². The van der Waals surface area contributed by atoms with Crippen LogP contribution in [0.3, 0.4) is 0 Å². The van der Waals surface area contributed by atoms with Crippen LogP contribution in [0.5, 0.6) is 0 Å². The zero-order valence-corrected chi connectivity index (χ0v) is 14.5. The Bertz CT molecular complexity index is 656. The van der Waals surface area contributed by atoms with Crippen molar-refractivity contribution in [3.05, 3.63) is 28.2 Å². The molecule has 1 heterocycles. The van der Waals surface area contributed by atoms with Crippen LogP contribution in [0.4, 0.5) is 0 Å². The van der Waals surface area contributed by atoms with Crippen molar-refractivity contribution in [3.63, 3.8) is 0 Å². The highest BCUT2D eigenvalue weighted by atomic mass is 79.9. The fraction of sp³-hybridized carbons (Fsp3) is 0.462. The molecule has 5 nitrogen and oxygen atoms in total. The molecule has 0 radical (unpaired) electrons. The van der Waals surface area contributed by atoms with Crippen molar-refractivity contribution in [2.45, 2.75) is 30.2 Å². The lowest BCUT2D eigenvalue weighted by Gasteiger charge is -2.34. The maximum atomic E-state index is 12.3. The van der Waals surface area contributed by atoms with Crippen LogP contribution in [-0.4, -0.2) is 33.1 Å². The number of benzene rings is 1. The average Bonchev–Trinajstić information content (AvgIpc) is 2.37. The topological polar surface area (TPSA) is 72.5 Å². The van der Waals surface area contributed by atoms with Crippen molar-refractivity contribution in [3.8, 4) is 0 Å². The number of rotatable bonds is 3. The smallest absolute Gasteiger partial charge is 0.261 e. The van der Waals surface area contributed by atoms with Gasteiger partial charge in [-0.15, -0.1) is 0 Å². The summed E-state index contributed by atoms with van der Waals surface area (Å²) in [5.41, 5.74) is -0.215. The molecule has 1 unspecified atom stereocenters. The number of carbonyl (C=O) groups is 1. The molecule has 1 aliphatic heterocycles. The second-order valence-electron chi connectivity index (χ2n) is 5.28. The Hall–Kier alpha value is -0.630. The summed E-state index contributed by atoms with van der Waals surface area (Å²) in [4.78, 5) is 12.2. The van der Waals surface area contributed by atoms with Gasteiger partial charge in [0.15, 0.2) is 0 Å². The van der Waals surface area contributed by atoms with E-state index in [4.69, 9.17) is 15.4 Å². The minimum atomic E-state index is -3.89. The zero-order valence-electron chi connectivity index (χ0n) is 11.4. The number of nitrogens with one attached hydrogen (secondary N) is 1. The first kappa shape index (κ1) is 16.7. The normalized spacial score (nSPS) is 22.8. The Kier molecular flexibility index (Phi) is 4.97. The summed E-state index contributed by atoms with van der Waals surface area (Å²) in [6.45, 7) is 3.03. The van der Waals surface area contributed by atoms with Crippen molar-refractivity contribution >= 4 is 41.6 Å². The van der Waals surface area contributed by atoms with Crippen LogP contribution in [0, 0.1) is 0 Å². The van der Waals surface area contributed by atoms with Gasteiger partial charge in [-0.1, -0.05) is 15.9 Å². The second kappa shape index (κ2) is 6.24. The average molecular weight is 397 g/mol. The standard InChI is InChI=1S/C13H15BrClNO4S/c1-13(3-2-4-20-8-13)16-12(17)9-5-10(14)7-11(6-9)21(15,18)19/h5-7H,2-4,8H2,1H3,(H,16,17). The lowest BCUT2D eigenvalue weighted by Crippen LogP contribution is -2.51. The highest BCUT2D eigenvalue weighted by Gasteiger charge is 2.30. The molecule has 0 saturated carbocycles. The molecule has 1 aliphatic rings. The molecule has 21 heavy (non-hydrogen) atoms. The van der Waals surface area contributed by atoms with E-state index in [2.05, 4.69) is 21.2 Å². The van der Waals surface area contributed by atoms with Gasteiger partial charge in [0.2, 0.25) is 0 Å². The van der Waals surface area contributed by atoms with E-state index >= 15 is 0 Å². The van der Waals surface area contributed by atoms with Crippen LogP contribution >= 0.6 is 26.6 Å². The van der Waals surface area contributed by atoms with Gasteiger partial charge in [0, 0.05) is 27.3 Å². The van der Waals surface area contributed by atoms with Gasteiger partial charge < -0.3 is 10.1 Å². The molecule has 0 aromatic heterocycles. The molecule has 1 N–H and O–H groups in total. The Balaban J connectivity index is 2.25. The van der Waals surface area contributed by atoms with Crippen molar-refractivity contribution in [2.24, 2.45) is 0 Å². The monoisotopic (exact) mass is 395 g/mol. The highest BCUT2D eigenvalue weighted by molar-refractivity contribution is 9.10. The minimum absolute atomic E-state index is 0.117. The van der Waals surface area contributed by atoms with Gasteiger partial charge >= 0.3 is 0 Å². The third-order valence-corrected chi connectivity index (χ3v) is 5.06. The van der Waals surface area contributed by atoms with Gasteiger partial charge in [-0.2, -0.15) is 0 Å². The van der Waals surface area contributed by atoms with Crippen LogP contribution in [-0.2, 0) is 13.8 Å². The van der Waals surface area contributed by atoms with E-state index < -0.39 is 14.6 Å². The molecule has 1 aromatic carbocycles. The number of carbonyl (C=O) groups excluding carboxylic acids is 1. The quantitative estimate of drug-likeness (QED) is 0.797. The first-order valence-corrected chi connectivity index (χ1v) is 9.45. The Morgan fingerprint density at radius 3 is 2.71 bits per heavy atom. The van der Waals surface area contributed by atoms with E-state index in [9.17, 15) is 13.2 Å². The summed E-state index contributed by atoms with van der Waals surface area (Å²) in [6, 6.07) is 4.16. The molecule has 1 fully saturated rings. The summed E-state index contributed by atoms with van der Waals surface area (Å²) in [5.74, 6) is -0.356.